The molecule has 4 heterocycles. The fourth-order valence-electron chi connectivity index (χ4n) is 4.66. The second kappa shape index (κ2) is 8.23. The van der Waals surface area contributed by atoms with Crippen LogP contribution in [-0.4, -0.2) is 57.9 Å². The standard InChI is InChI=1S/C23H23F3N6O2/c24-23(25,26)16-3-5-17(6-4-16)28-19(33)14-32-15-22(29-21(32)34)7-11-31(12-8-22)20-18-2-1-10-30(18)13-9-27-20/h1-6,9-10,13H,7-8,11-12,14-15H2,(H,28,33)(H,29,34). The molecular formula is C23H23F3N6O2. The molecule has 8 nitrogen and oxygen atoms in total. The first kappa shape index (κ1) is 22.1. The van der Waals surface area contributed by atoms with Crippen molar-refractivity contribution in [3.05, 3.63) is 60.6 Å². The van der Waals surface area contributed by atoms with Crippen molar-refractivity contribution in [2.24, 2.45) is 0 Å². The molecule has 11 heteroatoms. The van der Waals surface area contributed by atoms with Crippen LogP contribution in [0.15, 0.2) is 55.0 Å². The van der Waals surface area contributed by atoms with E-state index in [-0.39, 0.29) is 18.3 Å². The summed E-state index contributed by atoms with van der Waals surface area (Å²) in [6.07, 6.45) is 2.61. The number of urea groups is 1. The lowest BCUT2D eigenvalue weighted by atomic mass is 9.88. The van der Waals surface area contributed by atoms with Gasteiger partial charge in [0.2, 0.25) is 5.91 Å². The van der Waals surface area contributed by atoms with Gasteiger partial charge in [0.05, 0.1) is 16.6 Å². The van der Waals surface area contributed by atoms with Gasteiger partial charge in [-0.25, -0.2) is 9.78 Å². The van der Waals surface area contributed by atoms with E-state index in [4.69, 9.17) is 0 Å². The third-order valence-corrected chi connectivity index (χ3v) is 6.44. The molecule has 2 N–H and O–H groups in total. The average Bonchev–Trinajstić information content (AvgIpc) is 3.39. The van der Waals surface area contributed by atoms with Gasteiger partial charge in [0.25, 0.3) is 0 Å². The minimum absolute atomic E-state index is 0.177. The lowest BCUT2D eigenvalue weighted by Gasteiger charge is -2.39. The summed E-state index contributed by atoms with van der Waals surface area (Å²) < 4.78 is 40.1. The highest BCUT2D eigenvalue weighted by molar-refractivity contribution is 5.95. The number of carbonyl (C=O) groups is 2. The molecular weight excluding hydrogens is 449 g/mol. The number of anilines is 2. The maximum Gasteiger partial charge on any atom is 0.416 e. The molecule has 0 aliphatic carbocycles. The van der Waals surface area contributed by atoms with E-state index in [0.29, 0.717) is 32.5 Å². The minimum Gasteiger partial charge on any atom is -0.355 e. The van der Waals surface area contributed by atoms with E-state index < -0.39 is 23.2 Å². The van der Waals surface area contributed by atoms with Crippen molar-refractivity contribution in [3.8, 4) is 0 Å². The summed E-state index contributed by atoms with van der Waals surface area (Å²) in [5, 5.41) is 5.60. The SMILES string of the molecule is O=C(CN1CC2(CCN(c3nccn4cccc34)CC2)NC1=O)Nc1ccc(C(F)(F)F)cc1. The Bertz CT molecular complexity index is 1220. The predicted molar refractivity (Wildman–Crippen MR) is 120 cm³/mol. The van der Waals surface area contributed by atoms with Crippen molar-refractivity contribution < 1.29 is 22.8 Å². The van der Waals surface area contributed by atoms with Gasteiger partial charge in [-0.05, 0) is 49.2 Å². The number of fused-ring (bicyclic) bond motifs is 1. The van der Waals surface area contributed by atoms with E-state index in [0.717, 1.165) is 23.5 Å². The summed E-state index contributed by atoms with van der Waals surface area (Å²) in [7, 11) is 0. The molecule has 0 saturated carbocycles. The van der Waals surface area contributed by atoms with Crippen LogP contribution < -0.4 is 15.5 Å². The highest BCUT2D eigenvalue weighted by Gasteiger charge is 2.45. The number of piperidine rings is 1. The van der Waals surface area contributed by atoms with Crippen LogP contribution in [0.4, 0.5) is 29.5 Å². The summed E-state index contributed by atoms with van der Waals surface area (Å²) in [4.78, 5) is 33.2. The molecule has 2 aliphatic heterocycles. The number of carbonyl (C=O) groups excluding carboxylic acids is 2. The molecule has 34 heavy (non-hydrogen) atoms. The van der Waals surface area contributed by atoms with Crippen molar-refractivity contribution in [2.75, 3.05) is 36.4 Å². The van der Waals surface area contributed by atoms with Crippen LogP contribution in [0.2, 0.25) is 0 Å². The van der Waals surface area contributed by atoms with Gasteiger partial charge in [0, 0.05) is 43.9 Å². The first-order valence-electron chi connectivity index (χ1n) is 10.9. The van der Waals surface area contributed by atoms with Gasteiger partial charge in [-0.3, -0.25) is 4.79 Å². The Hall–Kier alpha value is -3.76. The number of benzene rings is 1. The number of nitrogens with one attached hydrogen (secondary N) is 2. The molecule has 178 valence electrons. The fourth-order valence-corrected chi connectivity index (χ4v) is 4.66. The average molecular weight is 472 g/mol. The van der Waals surface area contributed by atoms with Gasteiger partial charge < -0.3 is 24.8 Å². The summed E-state index contributed by atoms with van der Waals surface area (Å²) >= 11 is 0. The monoisotopic (exact) mass is 472 g/mol. The maximum absolute atomic E-state index is 12.7. The Kier molecular flexibility index (Phi) is 5.34. The zero-order valence-corrected chi connectivity index (χ0v) is 18.2. The maximum atomic E-state index is 12.7. The van der Waals surface area contributed by atoms with Crippen LogP contribution in [0.25, 0.3) is 5.52 Å². The second-order valence-corrected chi connectivity index (χ2v) is 8.73. The van der Waals surface area contributed by atoms with Gasteiger partial charge in [-0.2, -0.15) is 13.2 Å². The molecule has 1 aromatic carbocycles. The van der Waals surface area contributed by atoms with Gasteiger partial charge in [-0.15, -0.1) is 0 Å². The fraction of sp³-hybridized carbons (Fsp3) is 0.348. The molecule has 0 unspecified atom stereocenters. The first-order chi connectivity index (χ1) is 16.2. The van der Waals surface area contributed by atoms with E-state index in [1.165, 1.54) is 17.0 Å². The van der Waals surface area contributed by atoms with Crippen LogP contribution in [0.3, 0.4) is 0 Å². The Morgan fingerprint density at radius 1 is 1.12 bits per heavy atom. The number of halogens is 3. The number of alkyl halides is 3. The Labute approximate surface area is 193 Å². The van der Waals surface area contributed by atoms with Crippen molar-refractivity contribution in [1.29, 1.82) is 0 Å². The van der Waals surface area contributed by atoms with Gasteiger partial charge >= 0.3 is 12.2 Å². The zero-order chi connectivity index (χ0) is 23.9. The van der Waals surface area contributed by atoms with Gasteiger partial charge in [0.1, 0.15) is 6.54 Å². The van der Waals surface area contributed by atoms with Crippen LogP contribution in [0.1, 0.15) is 18.4 Å². The van der Waals surface area contributed by atoms with E-state index >= 15 is 0 Å². The van der Waals surface area contributed by atoms with Gasteiger partial charge in [-0.1, -0.05) is 0 Å². The summed E-state index contributed by atoms with van der Waals surface area (Å²) in [5.74, 6) is 0.438. The van der Waals surface area contributed by atoms with Crippen molar-refractivity contribution in [1.82, 2.24) is 19.6 Å². The normalized spacial score (nSPS) is 17.9. The highest BCUT2D eigenvalue weighted by Crippen LogP contribution is 2.32. The Morgan fingerprint density at radius 3 is 2.56 bits per heavy atom. The molecule has 3 amide bonds. The lowest BCUT2D eigenvalue weighted by Crippen LogP contribution is -2.52. The Morgan fingerprint density at radius 2 is 1.85 bits per heavy atom. The minimum atomic E-state index is -4.44. The van der Waals surface area contributed by atoms with Crippen LogP contribution in [-0.2, 0) is 11.0 Å². The Balaban J connectivity index is 1.18. The molecule has 0 atom stereocenters. The van der Waals surface area contributed by atoms with E-state index in [9.17, 15) is 22.8 Å². The summed E-state index contributed by atoms with van der Waals surface area (Å²) in [6, 6.07) is 7.87. The van der Waals surface area contributed by atoms with Crippen LogP contribution in [0.5, 0.6) is 0 Å². The molecule has 5 rings (SSSR count). The quantitative estimate of drug-likeness (QED) is 0.610. The van der Waals surface area contributed by atoms with E-state index in [1.54, 1.807) is 6.20 Å². The molecule has 2 aromatic heterocycles. The van der Waals surface area contributed by atoms with Crippen molar-refractivity contribution >= 4 is 29.0 Å². The predicted octanol–water partition coefficient (Wildman–Crippen LogP) is 3.36. The van der Waals surface area contributed by atoms with Crippen LogP contribution in [0, 0.1) is 0 Å². The third-order valence-electron chi connectivity index (χ3n) is 6.44. The number of amides is 3. The third kappa shape index (κ3) is 4.25. The zero-order valence-electron chi connectivity index (χ0n) is 18.2. The molecule has 3 aromatic rings. The smallest absolute Gasteiger partial charge is 0.355 e. The lowest BCUT2D eigenvalue weighted by molar-refractivity contribution is -0.137. The highest BCUT2D eigenvalue weighted by atomic mass is 19.4. The number of rotatable bonds is 4. The molecule has 2 aliphatic rings. The molecule has 0 bridgehead atoms. The van der Waals surface area contributed by atoms with E-state index in [1.807, 2.05) is 28.9 Å². The van der Waals surface area contributed by atoms with Gasteiger partial charge in [0.15, 0.2) is 5.82 Å². The summed E-state index contributed by atoms with van der Waals surface area (Å²) in [6.45, 7) is 1.64. The molecule has 0 radical (unpaired) electrons. The first-order valence-corrected chi connectivity index (χ1v) is 10.9. The van der Waals surface area contributed by atoms with Crippen LogP contribution >= 0.6 is 0 Å². The number of hydrogen-bond acceptors (Lipinski definition) is 4. The topological polar surface area (TPSA) is 82.0 Å². The largest absolute Gasteiger partial charge is 0.416 e. The number of aromatic nitrogens is 2. The molecule has 2 fully saturated rings. The second-order valence-electron chi connectivity index (χ2n) is 8.73. The van der Waals surface area contributed by atoms with Crippen molar-refractivity contribution in [3.63, 3.8) is 0 Å². The molecule has 1 spiro atoms. The summed E-state index contributed by atoms with van der Waals surface area (Å²) in [5.41, 5.74) is 0.0548. The number of nitrogens with zero attached hydrogens (tertiary/aromatic N) is 4. The number of hydrogen-bond donors (Lipinski definition) is 2. The van der Waals surface area contributed by atoms with E-state index in [2.05, 4.69) is 20.5 Å². The van der Waals surface area contributed by atoms with Crippen molar-refractivity contribution in [2.45, 2.75) is 24.6 Å². The molecule has 2 saturated heterocycles.